The number of ether oxygens (including phenoxy) is 2. The normalized spacial score (nSPS) is 19.5. The Morgan fingerprint density at radius 2 is 0.787 bits per heavy atom. The zero-order chi connectivity index (χ0) is 58.2. The fourth-order valence-corrected chi connectivity index (χ4v) is 10.8. The van der Waals surface area contributed by atoms with E-state index < -0.39 is 74.2 Å². The summed E-state index contributed by atoms with van der Waals surface area (Å²) < 4.78 is 11.1. The molecular weight excluding hydrogens is 1000 g/mol. The molecule has 1 aliphatic heterocycles. The molecule has 0 spiro atoms. The molecule has 0 aromatic rings. The van der Waals surface area contributed by atoms with Gasteiger partial charge in [0.1, 0.15) is 36.6 Å². The minimum Gasteiger partial charge on any atom is -0.394 e. The quantitative estimate of drug-likeness (QED) is 0.0215. The number of amides is 1. The van der Waals surface area contributed by atoms with Crippen LogP contribution in [-0.2, 0) is 14.3 Å². The highest BCUT2D eigenvalue weighted by Crippen LogP contribution is 2.24. The standard InChI is InChI=1S/C69H129NO10/c1-3-5-7-9-11-13-15-17-19-20-21-22-23-24-25-26-27-28-29-30-31-32-33-34-35-36-37-38-39-40-41-43-45-47-49-51-53-55-57-62(73)68(78)70-60(59-79-69-67(77)66(76)65(75)63(58-71)80-69)64(74)61(72)56-54-52-50-48-46-44-42-18-16-14-12-10-8-6-4-2/h18,27-28,30-31,42,48,50,60-67,69,71-77H,3-17,19-26,29,32-41,43-47,49,51-59H2,1-2H3,(H,70,78)/b28-27-,31-30-,42-18+,50-48+. The average Bonchev–Trinajstić information content (AvgIpc) is 3.48. The Kier molecular flexibility index (Phi) is 54.7. The number of hydrogen-bond donors (Lipinski definition) is 8. The van der Waals surface area contributed by atoms with Gasteiger partial charge in [-0.1, -0.05) is 281 Å². The summed E-state index contributed by atoms with van der Waals surface area (Å²) in [7, 11) is 0. The predicted octanol–water partition coefficient (Wildman–Crippen LogP) is 16.0. The van der Waals surface area contributed by atoms with Gasteiger partial charge in [0.15, 0.2) is 6.29 Å². The molecule has 1 rings (SSSR count). The lowest BCUT2D eigenvalue weighted by atomic mass is 9.98. The fraction of sp³-hybridized carbons (Fsp3) is 0.870. The molecule has 80 heavy (non-hydrogen) atoms. The molecule has 1 saturated heterocycles. The van der Waals surface area contributed by atoms with Crippen molar-refractivity contribution in [1.29, 1.82) is 0 Å². The van der Waals surface area contributed by atoms with Gasteiger partial charge >= 0.3 is 0 Å². The summed E-state index contributed by atoms with van der Waals surface area (Å²) in [6.45, 7) is 3.45. The lowest BCUT2D eigenvalue weighted by Crippen LogP contribution is -2.60. The first kappa shape index (κ1) is 76.1. The second kappa shape index (κ2) is 57.5. The van der Waals surface area contributed by atoms with Crippen molar-refractivity contribution in [3.63, 3.8) is 0 Å². The van der Waals surface area contributed by atoms with E-state index in [2.05, 4.69) is 67.8 Å². The summed E-state index contributed by atoms with van der Waals surface area (Å²) in [6, 6.07) is -1.19. The second-order valence-corrected chi connectivity index (χ2v) is 23.9. The Hall–Kier alpha value is -1.93. The number of aliphatic hydroxyl groups excluding tert-OH is 7. The molecule has 470 valence electrons. The van der Waals surface area contributed by atoms with E-state index in [1.165, 1.54) is 225 Å². The van der Waals surface area contributed by atoms with Gasteiger partial charge in [0.05, 0.1) is 25.4 Å². The molecule has 11 heteroatoms. The van der Waals surface area contributed by atoms with Crippen molar-refractivity contribution in [1.82, 2.24) is 5.32 Å². The van der Waals surface area contributed by atoms with E-state index in [9.17, 15) is 40.5 Å². The summed E-state index contributed by atoms with van der Waals surface area (Å²) in [5.41, 5.74) is 0. The molecule has 0 aromatic carbocycles. The zero-order valence-corrected chi connectivity index (χ0v) is 51.8. The predicted molar refractivity (Wildman–Crippen MR) is 335 cm³/mol. The maximum atomic E-state index is 13.2. The molecule has 1 fully saturated rings. The molecule has 0 bridgehead atoms. The van der Waals surface area contributed by atoms with E-state index in [0.717, 1.165) is 44.9 Å². The lowest BCUT2D eigenvalue weighted by Gasteiger charge is -2.40. The highest BCUT2D eigenvalue weighted by atomic mass is 16.7. The van der Waals surface area contributed by atoms with Crippen LogP contribution in [0.5, 0.6) is 0 Å². The van der Waals surface area contributed by atoms with Crippen LogP contribution in [0.15, 0.2) is 48.6 Å². The maximum Gasteiger partial charge on any atom is 0.249 e. The molecule has 0 aliphatic carbocycles. The van der Waals surface area contributed by atoms with Crippen LogP contribution >= 0.6 is 0 Å². The summed E-state index contributed by atoms with van der Waals surface area (Å²) in [6.07, 6.45) is 63.6. The number of carbonyl (C=O) groups is 1. The first-order valence-electron chi connectivity index (χ1n) is 34.0. The Bertz CT molecular complexity index is 1440. The smallest absolute Gasteiger partial charge is 0.249 e. The molecule has 0 aromatic heterocycles. The summed E-state index contributed by atoms with van der Waals surface area (Å²) in [5.74, 6) is -0.708. The van der Waals surface area contributed by atoms with Crippen molar-refractivity contribution in [3.8, 4) is 0 Å². The first-order chi connectivity index (χ1) is 39.2. The third kappa shape index (κ3) is 44.6. The largest absolute Gasteiger partial charge is 0.394 e. The molecule has 1 aliphatic rings. The van der Waals surface area contributed by atoms with E-state index in [1.807, 2.05) is 0 Å². The van der Waals surface area contributed by atoms with Gasteiger partial charge in [-0.15, -0.1) is 0 Å². The second-order valence-electron chi connectivity index (χ2n) is 23.9. The van der Waals surface area contributed by atoms with Crippen LogP contribution in [0.25, 0.3) is 0 Å². The average molecular weight is 1130 g/mol. The molecule has 9 unspecified atom stereocenters. The molecule has 1 amide bonds. The third-order valence-corrected chi connectivity index (χ3v) is 16.3. The van der Waals surface area contributed by atoms with Crippen molar-refractivity contribution in [3.05, 3.63) is 48.6 Å². The van der Waals surface area contributed by atoms with Crippen LogP contribution in [-0.4, -0.2) is 110 Å². The monoisotopic (exact) mass is 1130 g/mol. The van der Waals surface area contributed by atoms with Crippen molar-refractivity contribution < 1.29 is 50.0 Å². The van der Waals surface area contributed by atoms with Crippen LogP contribution in [0.2, 0.25) is 0 Å². The number of hydrogen-bond acceptors (Lipinski definition) is 10. The molecular formula is C69H129NO10. The van der Waals surface area contributed by atoms with E-state index in [4.69, 9.17) is 9.47 Å². The van der Waals surface area contributed by atoms with Gasteiger partial charge in [-0.3, -0.25) is 4.79 Å². The van der Waals surface area contributed by atoms with Crippen molar-refractivity contribution in [2.45, 2.75) is 371 Å². The fourth-order valence-electron chi connectivity index (χ4n) is 10.8. The van der Waals surface area contributed by atoms with Gasteiger partial charge in [0, 0.05) is 0 Å². The SMILES string of the molecule is CCCCCCCC/C=C/CC/C=C/CCCC(O)C(O)C(COC1OC(CO)C(O)C(O)C1O)NC(=O)C(O)CCCCCCCCCCCCCCCCCC/C=C\C/C=C\CCCCCCCCCCCCCCCCC. The maximum absolute atomic E-state index is 13.2. The molecule has 0 radical (unpaired) electrons. The van der Waals surface area contributed by atoms with Crippen LogP contribution in [0, 0.1) is 0 Å². The van der Waals surface area contributed by atoms with Gasteiger partial charge in [0.2, 0.25) is 5.91 Å². The van der Waals surface area contributed by atoms with Gasteiger partial charge in [-0.05, 0) is 83.5 Å². The van der Waals surface area contributed by atoms with Gasteiger partial charge in [-0.25, -0.2) is 0 Å². The van der Waals surface area contributed by atoms with Gasteiger partial charge < -0.3 is 50.5 Å². The van der Waals surface area contributed by atoms with Crippen molar-refractivity contribution in [2.75, 3.05) is 13.2 Å². The number of carbonyl (C=O) groups excluding carboxylic acids is 1. The van der Waals surface area contributed by atoms with Crippen LogP contribution in [0.3, 0.4) is 0 Å². The van der Waals surface area contributed by atoms with E-state index >= 15 is 0 Å². The molecule has 9 atom stereocenters. The van der Waals surface area contributed by atoms with Crippen molar-refractivity contribution >= 4 is 5.91 Å². The Labute approximate surface area is 491 Å². The zero-order valence-electron chi connectivity index (χ0n) is 51.8. The van der Waals surface area contributed by atoms with Crippen LogP contribution in [0.4, 0.5) is 0 Å². The molecule has 1 heterocycles. The van der Waals surface area contributed by atoms with E-state index in [-0.39, 0.29) is 12.8 Å². The van der Waals surface area contributed by atoms with Crippen LogP contribution in [0.1, 0.15) is 316 Å². The number of nitrogens with one attached hydrogen (secondary N) is 1. The first-order valence-corrected chi connectivity index (χ1v) is 34.0. The van der Waals surface area contributed by atoms with Gasteiger partial charge in [0.25, 0.3) is 0 Å². The number of rotatable bonds is 59. The Balaban J connectivity index is 2.14. The third-order valence-electron chi connectivity index (χ3n) is 16.3. The number of unbranched alkanes of at least 4 members (excludes halogenated alkanes) is 39. The summed E-state index contributed by atoms with van der Waals surface area (Å²) >= 11 is 0. The van der Waals surface area contributed by atoms with Crippen LogP contribution < -0.4 is 5.32 Å². The molecule has 8 N–H and O–H groups in total. The summed E-state index contributed by atoms with van der Waals surface area (Å²) in [5, 5.41) is 76.2. The summed E-state index contributed by atoms with van der Waals surface area (Å²) in [4.78, 5) is 13.2. The van der Waals surface area contributed by atoms with E-state index in [0.29, 0.717) is 19.3 Å². The minimum atomic E-state index is -1.67. The highest BCUT2D eigenvalue weighted by Gasteiger charge is 2.44. The van der Waals surface area contributed by atoms with Gasteiger partial charge in [-0.2, -0.15) is 0 Å². The minimum absolute atomic E-state index is 0.246. The lowest BCUT2D eigenvalue weighted by molar-refractivity contribution is -0.303. The van der Waals surface area contributed by atoms with E-state index in [1.54, 1.807) is 0 Å². The van der Waals surface area contributed by atoms with Crippen molar-refractivity contribution in [2.24, 2.45) is 0 Å². The molecule has 11 nitrogen and oxygen atoms in total. The Morgan fingerprint density at radius 3 is 1.19 bits per heavy atom. The molecule has 0 saturated carbocycles. The number of aliphatic hydroxyl groups is 7. The number of allylic oxidation sites excluding steroid dienone is 8. The highest BCUT2D eigenvalue weighted by molar-refractivity contribution is 5.80. The topological polar surface area (TPSA) is 189 Å². The Morgan fingerprint density at radius 1 is 0.438 bits per heavy atom.